The number of fused-ring (bicyclic) bond motifs is 4. The van der Waals surface area contributed by atoms with Crippen molar-refractivity contribution in [3.63, 3.8) is 0 Å². The quantitative estimate of drug-likeness (QED) is 0.312. The molecule has 0 fully saturated rings. The van der Waals surface area contributed by atoms with E-state index in [1.807, 2.05) is 48.5 Å². The Morgan fingerprint density at radius 1 is 0.643 bits per heavy atom. The average Bonchev–Trinajstić information content (AvgIpc) is 3.07. The molecule has 4 aromatic carbocycles. The number of hydrogen-bond donors (Lipinski definition) is 0. The summed E-state index contributed by atoms with van der Waals surface area (Å²) < 4.78 is 3.26. The Hall–Kier alpha value is -3.60. The van der Waals surface area contributed by atoms with Gasteiger partial charge < -0.3 is 4.57 Å². The van der Waals surface area contributed by atoms with Crippen LogP contribution in [0.25, 0.3) is 38.3 Å². The zero-order valence-corrected chi connectivity index (χ0v) is 16.2. The van der Waals surface area contributed by atoms with Crippen LogP contribution in [-0.2, 0) is 0 Å². The summed E-state index contributed by atoms with van der Waals surface area (Å²) in [5.41, 5.74) is 4.30. The highest BCUT2D eigenvalue weighted by Gasteiger charge is 2.15. The minimum absolute atomic E-state index is 0.606. The summed E-state index contributed by atoms with van der Waals surface area (Å²) in [4.78, 5) is 0. The van der Waals surface area contributed by atoms with Crippen molar-refractivity contribution in [2.24, 2.45) is 0 Å². The van der Waals surface area contributed by atoms with Crippen molar-refractivity contribution in [1.29, 1.82) is 10.5 Å². The molecule has 0 N–H and O–H groups in total. The number of benzene rings is 4. The van der Waals surface area contributed by atoms with E-state index in [2.05, 4.69) is 56.9 Å². The van der Waals surface area contributed by atoms with E-state index in [-0.39, 0.29) is 0 Å². The number of hydrogen-bond acceptors (Lipinski definition) is 2. The lowest BCUT2D eigenvalue weighted by Crippen LogP contribution is -1.95. The number of aromatic nitrogens is 1. The van der Waals surface area contributed by atoms with Gasteiger partial charge in [-0.15, -0.1) is 0 Å². The van der Waals surface area contributed by atoms with Crippen molar-refractivity contribution in [1.82, 2.24) is 4.57 Å². The highest BCUT2D eigenvalue weighted by Crippen LogP contribution is 2.37. The summed E-state index contributed by atoms with van der Waals surface area (Å²) in [6, 6.07) is 28.3. The van der Waals surface area contributed by atoms with Crippen LogP contribution >= 0.6 is 15.9 Å². The molecule has 5 aromatic rings. The van der Waals surface area contributed by atoms with E-state index < -0.39 is 0 Å². The Balaban J connectivity index is 1.99. The van der Waals surface area contributed by atoms with Crippen LogP contribution in [0.4, 0.5) is 0 Å². The second-order valence-electron chi connectivity index (χ2n) is 6.63. The van der Waals surface area contributed by atoms with Gasteiger partial charge in [-0.3, -0.25) is 0 Å². The van der Waals surface area contributed by atoms with E-state index >= 15 is 0 Å². The van der Waals surface area contributed by atoms with E-state index in [0.717, 1.165) is 42.7 Å². The van der Waals surface area contributed by atoms with Crippen LogP contribution in [0.5, 0.6) is 0 Å². The van der Waals surface area contributed by atoms with Crippen LogP contribution in [0.15, 0.2) is 77.3 Å². The van der Waals surface area contributed by atoms with Gasteiger partial charge in [-0.1, -0.05) is 40.2 Å². The summed E-state index contributed by atoms with van der Waals surface area (Å²) in [6.45, 7) is 0. The van der Waals surface area contributed by atoms with Gasteiger partial charge in [-0.25, -0.2) is 0 Å². The van der Waals surface area contributed by atoms with Crippen molar-refractivity contribution in [3.05, 3.63) is 88.4 Å². The Kier molecular flexibility index (Phi) is 3.69. The lowest BCUT2D eigenvalue weighted by Gasteiger charge is -2.12. The zero-order valence-electron chi connectivity index (χ0n) is 14.6. The Morgan fingerprint density at radius 3 is 1.79 bits per heavy atom. The largest absolute Gasteiger partial charge is 0.309 e. The van der Waals surface area contributed by atoms with E-state index in [0.29, 0.717) is 11.1 Å². The fourth-order valence-corrected chi connectivity index (χ4v) is 4.34. The molecule has 28 heavy (non-hydrogen) atoms. The van der Waals surface area contributed by atoms with Crippen LogP contribution in [0.2, 0.25) is 0 Å². The highest BCUT2D eigenvalue weighted by atomic mass is 79.9. The molecular formula is C24H12BrN3. The predicted octanol–water partition coefficient (Wildman–Crippen LogP) is 6.44. The molecule has 0 unspecified atom stereocenters. The molecular weight excluding hydrogens is 410 g/mol. The molecule has 1 aromatic heterocycles. The van der Waals surface area contributed by atoms with E-state index in [9.17, 15) is 10.5 Å². The molecule has 0 aliphatic carbocycles. The number of rotatable bonds is 1. The maximum absolute atomic E-state index is 9.35. The molecule has 0 bridgehead atoms. The zero-order chi connectivity index (χ0) is 19.3. The standard InChI is InChI=1S/C24H12BrN3/c25-21-7-10-22(18-4-2-1-3-17(18)21)28-23-8-5-15(13-26)11-19(23)20-12-16(14-27)6-9-24(20)28/h1-12H. The molecule has 0 atom stereocenters. The van der Waals surface area contributed by atoms with Gasteiger partial charge in [0.1, 0.15) is 0 Å². The van der Waals surface area contributed by atoms with Crippen molar-refractivity contribution >= 4 is 48.5 Å². The van der Waals surface area contributed by atoms with Gasteiger partial charge in [0, 0.05) is 20.6 Å². The maximum atomic E-state index is 9.35. The number of nitrogens with zero attached hydrogens (tertiary/aromatic N) is 3. The fourth-order valence-electron chi connectivity index (χ4n) is 3.86. The number of nitriles is 2. The third kappa shape index (κ3) is 2.33. The summed E-state index contributed by atoms with van der Waals surface area (Å²) in [6.07, 6.45) is 0. The molecule has 1 heterocycles. The van der Waals surface area contributed by atoms with Gasteiger partial charge >= 0.3 is 0 Å². The smallest absolute Gasteiger partial charge is 0.0991 e. The van der Waals surface area contributed by atoms with Crippen LogP contribution in [0.1, 0.15) is 11.1 Å². The normalized spacial score (nSPS) is 11.0. The SMILES string of the molecule is N#Cc1ccc2c(c1)c1cc(C#N)ccc1n2-c1ccc(Br)c2ccccc12. The molecule has 0 saturated heterocycles. The molecule has 0 spiro atoms. The second-order valence-corrected chi connectivity index (χ2v) is 7.49. The molecule has 3 nitrogen and oxygen atoms in total. The van der Waals surface area contributed by atoms with Crippen LogP contribution < -0.4 is 0 Å². The molecule has 0 aliphatic rings. The van der Waals surface area contributed by atoms with Gasteiger partial charge in [0.15, 0.2) is 0 Å². The maximum Gasteiger partial charge on any atom is 0.0991 e. The van der Waals surface area contributed by atoms with E-state index in [4.69, 9.17) is 0 Å². The summed E-state index contributed by atoms with van der Waals surface area (Å²) in [5.74, 6) is 0. The summed E-state index contributed by atoms with van der Waals surface area (Å²) >= 11 is 3.65. The van der Waals surface area contributed by atoms with Gasteiger partial charge in [0.2, 0.25) is 0 Å². The van der Waals surface area contributed by atoms with Crippen molar-refractivity contribution in [2.45, 2.75) is 0 Å². The minimum Gasteiger partial charge on any atom is -0.309 e. The van der Waals surface area contributed by atoms with Gasteiger partial charge in [0.05, 0.1) is 40.0 Å². The Morgan fingerprint density at radius 2 is 1.21 bits per heavy atom. The molecule has 0 amide bonds. The van der Waals surface area contributed by atoms with Gasteiger partial charge in [-0.05, 0) is 53.9 Å². The lowest BCUT2D eigenvalue weighted by atomic mass is 10.1. The predicted molar refractivity (Wildman–Crippen MR) is 115 cm³/mol. The van der Waals surface area contributed by atoms with Crippen LogP contribution in [-0.4, -0.2) is 4.57 Å². The Bertz CT molecular complexity index is 1430. The third-order valence-electron chi connectivity index (χ3n) is 5.11. The van der Waals surface area contributed by atoms with Crippen molar-refractivity contribution in [2.75, 3.05) is 0 Å². The fraction of sp³-hybridized carbons (Fsp3) is 0. The highest BCUT2D eigenvalue weighted by molar-refractivity contribution is 9.10. The first-order chi connectivity index (χ1) is 13.7. The molecule has 0 radical (unpaired) electrons. The molecule has 4 heteroatoms. The van der Waals surface area contributed by atoms with E-state index in [1.165, 1.54) is 0 Å². The van der Waals surface area contributed by atoms with Crippen LogP contribution in [0.3, 0.4) is 0 Å². The molecule has 130 valence electrons. The first-order valence-corrected chi connectivity index (χ1v) is 9.56. The monoisotopic (exact) mass is 421 g/mol. The molecule has 0 aliphatic heterocycles. The first-order valence-electron chi connectivity index (χ1n) is 8.77. The first kappa shape index (κ1) is 16.6. The van der Waals surface area contributed by atoms with Crippen molar-refractivity contribution in [3.8, 4) is 17.8 Å². The van der Waals surface area contributed by atoms with Gasteiger partial charge in [0.25, 0.3) is 0 Å². The second kappa shape index (κ2) is 6.23. The minimum atomic E-state index is 0.606. The lowest BCUT2D eigenvalue weighted by molar-refractivity contribution is 1.20. The number of halogens is 1. The molecule has 0 saturated carbocycles. The average molecular weight is 422 g/mol. The van der Waals surface area contributed by atoms with E-state index in [1.54, 1.807) is 0 Å². The molecule has 5 rings (SSSR count). The van der Waals surface area contributed by atoms with Crippen LogP contribution in [0, 0.1) is 22.7 Å². The summed E-state index contributed by atoms with van der Waals surface area (Å²) in [7, 11) is 0. The third-order valence-corrected chi connectivity index (χ3v) is 5.80. The van der Waals surface area contributed by atoms with Gasteiger partial charge in [-0.2, -0.15) is 10.5 Å². The summed E-state index contributed by atoms with van der Waals surface area (Å²) in [5, 5.41) is 22.9. The Labute approximate surface area is 169 Å². The van der Waals surface area contributed by atoms with Crippen molar-refractivity contribution < 1.29 is 0 Å². The topological polar surface area (TPSA) is 52.5 Å².